The Morgan fingerprint density at radius 2 is 2.05 bits per heavy atom. The Kier molecular flexibility index (Phi) is 4.68. The van der Waals surface area contributed by atoms with Crippen molar-refractivity contribution in [2.45, 2.75) is 6.04 Å². The maximum atomic E-state index is 6.01. The van der Waals surface area contributed by atoms with E-state index in [4.69, 9.17) is 28.9 Å². The lowest BCUT2D eigenvalue weighted by molar-refractivity contribution is 0.691. The van der Waals surface area contributed by atoms with Crippen molar-refractivity contribution < 1.29 is 0 Å². The Hall–Kier alpha value is -0.810. The summed E-state index contributed by atoms with van der Waals surface area (Å²) in [7, 11) is 1.85. The molecule has 1 aromatic carbocycles. The number of nitrogens with two attached hydrogens (primary N) is 1. The molecule has 0 saturated carbocycles. The first-order chi connectivity index (χ1) is 9.02. The maximum Gasteiger partial charge on any atom is 0.128 e. The third-order valence-corrected chi connectivity index (χ3v) is 4.21. The van der Waals surface area contributed by atoms with Crippen LogP contribution < -0.4 is 11.1 Å². The zero-order valence-electron chi connectivity index (χ0n) is 10.1. The van der Waals surface area contributed by atoms with Gasteiger partial charge in [-0.05, 0) is 46.7 Å². The highest BCUT2D eigenvalue weighted by Crippen LogP contribution is 2.31. The largest absolute Gasteiger partial charge is 0.383 e. The van der Waals surface area contributed by atoms with E-state index in [-0.39, 0.29) is 6.04 Å². The first-order valence-electron chi connectivity index (χ1n) is 5.56. The SMILES string of the molecule is CNC(c1ccc(Cl)c(Br)c1)c1cc(Cl)cnc1N. The summed E-state index contributed by atoms with van der Waals surface area (Å²) >= 11 is 15.4. The molecule has 0 aliphatic heterocycles. The molecule has 0 amide bonds. The zero-order valence-corrected chi connectivity index (χ0v) is 13.2. The van der Waals surface area contributed by atoms with E-state index >= 15 is 0 Å². The second-order valence-electron chi connectivity index (χ2n) is 4.02. The molecule has 2 rings (SSSR count). The summed E-state index contributed by atoms with van der Waals surface area (Å²) in [6.07, 6.45) is 1.53. The van der Waals surface area contributed by atoms with Crippen LogP contribution in [0.5, 0.6) is 0 Å². The van der Waals surface area contributed by atoms with Crippen LogP contribution in [0.2, 0.25) is 10.0 Å². The quantitative estimate of drug-likeness (QED) is 0.868. The molecular weight excluding hydrogens is 349 g/mol. The van der Waals surface area contributed by atoms with E-state index in [1.807, 2.05) is 31.3 Å². The minimum Gasteiger partial charge on any atom is -0.383 e. The molecule has 1 aromatic heterocycles. The fourth-order valence-corrected chi connectivity index (χ4v) is 2.57. The number of pyridine rings is 1. The lowest BCUT2D eigenvalue weighted by atomic mass is 9.99. The number of halogens is 3. The van der Waals surface area contributed by atoms with Gasteiger partial charge >= 0.3 is 0 Å². The van der Waals surface area contributed by atoms with Gasteiger partial charge in [0.2, 0.25) is 0 Å². The van der Waals surface area contributed by atoms with E-state index in [0.29, 0.717) is 15.9 Å². The molecular formula is C13H12BrCl2N3. The molecule has 2 aromatic rings. The van der Waals surface area contributed by atoms with Gasteiger partial charge in [0, 0.05) is 16.2 Å². The Morgan fingerprint density at radius 3 is 2.68 bits per heavy atom. The van der Waals surface area contributed by atoms with E-state index < -0.39 is 0 Å². The lowest BCUT2D eigenvalue weighted by Gasteiger charge is -2.19. The number of hydrogen-bond donors (Lipinski definition) is 2. The molecule has 0 aliphatic rings. The molecule has 0 spiro atoms. The van der Waals surface area contributed by atoms with Gasteiger partial charge in [-0.2, -0.15) is 0 Å². The van der Waals surface area contributed by atoms with Crippen LogP contribution in [0.25, 0.3) is 0 Å². The molecule has 0 saturated heterocycles. The average molecular weight is 361 g/mol. The first kappa shape index (κ1) is 14.6. The molecule has 3 N–H and O–H groups in total. The highest BCUT2D eigenvalue weighted by molar-refractivity contribution is 9.10. The van der Waals surface area contributed by atoms with Gasteiger partial charge in [0.15, 0.2) is 0 Å². The Morgan fingerprint density at radius 1 is 1.32 bits per heavy atom. The summed E-state index contributed by atoms with van der Waals surface area (Å²) in [6, 6.07) is 7.44. The number of anilines is 1. The summed E-state index contributed by atoms with van der Waals surface area (Å²) in [5, 5.41) is 4.42. The van der Waals surface area contributed by atoms with Gasteiger partial charge in [0.1, 0.15) is 5.82 Å². The highest BCUT2D eigenvalue weighted by Gasteiger charge is 2.17. The van der Waals surface area contributed by atoms with E-state index in [0.717, 1.165) is 15.6 Å². The highest BCUT2D eigenvalue weighted by atomic mass is 79.9. The third kappa shape index (κ3) is 3.20. The van der Waals surface area contributed by atoms with Crippen LogP contribution in [0.3, 0.4) is 0 Å². The van der Waals surface area contributed by atoms with Crippen LogP contribution in [0.1, 0.15) is 17.2 Å². The van der Waals surface area contributed by atoms with Gasteiger partial charge in [-0.15, -0.1) is 0 Å². The molecule has 19 heavy (non-hydrogen) atoms. The van der Waals surface area contributed by atoms with Gasteiger partial charge in [-0.1, -0.05) is 29.3 Å². The molecule has 100 valence electrons. The minimum absolute atomic E-state index is 0.0974. The Labute approximate surface area is 130 Å². The number of hydrogen-bond acceptors (Lipinski definition) is 3. The smallest absolute Gasteiger partial charge is 0.128 e. The monoisotopic (exact) mass is 359 g/mol. The van der Waals surface area contributed by atoms with Crippen LogP contribution >= 0.6 is 39.1 Å². The van der Waals surface area contributed by atoms with Crippen LogP contribution in [-0.4, -0.2) is 12.0 Å². The summed E-state index contributed by atoms with van der Waals surface area (Å²) in [5.41, 5.74) is 7.78. The van der Waals surface area contributed by atoms with Crippen molar-refractivity contribution in [3.63, 3.8) is 0 Å². The van der Waals surface area contributed by atoms with E-state index in [9.17, 15) is 0 Å². The summed E-state index contributed by atoms with van der Waals surface area (Å²) < 4.78 is 0.834. The Bertz CT molecular complexity index is 604. The number of rotatable bonds is 3. The molecule has 1 unspecified atom stereocenters. The number of nitrogen functional groups attached to an aromatic ring is 1. The van der Waals surface area contributed by atoms with Gasteiger partial charge < -0.3 is 11.1 Å². The fourth-order valence-electron chi connectivity index (χ4n) is 1.89. The number of nitrogens with zero attached hydrogens (tertiary/aromatic N) is 1. The number of benzene rings is 1. The molecule has 0 radical (unpaired) electrons. The fraction of sp³-hybridized carbons (Fsp3) is 0.154. The van der Waals surface area contributed by atoms with Crippen LogP contribution in [0.15, 0.2) is 34.9 Å². The second-order valence-corrected chi connectivity index (χ2v) is 5.72. The third-order valence-electron chi connectivity index (χ3n) is 2.79. The van der Waals surface area contributed by atoms with Crippen molar-refractivity contribution in [1.82, 2.24) is 10.3 Å². The van der Waals surface area contributed by atoms with Crippen molar-refractivity contribution in [1.29, 1.82) is 0 Å². The summed E-state index contributed by atoms with van der Waals surface area (Å²) in [6.45, 7) is 0. The van der Waals surface area contributed by atoms with Crippen molar-refractivity contribution in [2.75, 3.05) is 12.8 Å². The molecule has 3 nitrogen and oxygen atoms in total. The minimum atomic E-state index is -0.0974. The molecule has 1 atom stereocenters. The van der Waals surface area contributed by atoms with Gasteiger partial charge in [0.25, 0.3) is 0 Å². The van der Waals surface area contributed by atoms with E-state index in [1.54, 1.807) is 0 Å². The zero-order chi connectivity index (χ0) is 14.0. The second kappa shape index (κ2) is 6.09. The van der Waals surface area contributed by atoms with Crippen molar-refractivity contribution in [3.8, 4) is 0 Å². The molecule has 0 bridgehead atoms. The van der Waals surface area contributed by atoms with Gasteiger partial charge in [0.05, 0.1) is 16.1 Å². The molecule has 6 heteroatoms. The van der Waals surface area contributed by atoms with Gasteiger partial charge in [-0.3, -0.25) is 0 Å². The summed E-state index contributed by atoms with van der Waals surface area (Å²) in [5.74, 6) is 0.454. The topological polar surface area (TPSA) is 50.9 Å². The predicted octanol–water partition coefficient (Wildman–Crippen LogP) is 4.04. The van der Waals surface area contributed by atoms with E-state index in [2.05, 4.69) is 26.2 Å². The molecule has 1 heterocycles. The standard InChI is InChI=1S/C13H12BrCl2N3/c1-18-12(7-2-3-11(16)10(14)4-7)9-5-8(15)6-19-13(9)17/h2-6,12,18H,1H3,(H2,17,19). The first-order valence-corrected chi connectivity index (χ1v) is 7.11. The van der Waals surface area contributed by atoms with E-state index in [1.165, 1.54) is 6.20 Å². The van der Waals surface area contributed by atoms with Crippen molar-refractivity contribution in [3.05, 3.63) is 56.1 Å². The average Bonchev–Trinajstić information content (AvgIpc) is 2.38. The predicted molar refractivity (Wildman–Crippen MR) is 83.7 cm³/mol. The lowest BCUT2D eigenvalue weighted by Crippen LogP contribution is -2.19. The van der Waals surface area contributed by atoms with Crippen molar-refractivity contribution >= 4 is 44.9 Å². The van der Waals surface area contributed by atoms with Crippen LogP contribution in [-0.2, 0) is 0 Å². The van der Waals surface area contributed by atoms with Crippen molar-refractivity contribution in [2.24, 2.45) is 0 Å². The molecule has 0 aliphatic carbocycles. The normalized spacial score (nSPS) is 12.4. The number of nitrogens with one attached hydrogen (secondary N) is 1. The van der Waals surface area contributed by atoms with Crippen LogP contribution in [0, 0.1) is 0 Å². The summed E-state index contributed by atoms with van der Waals surface area (Å²) in [4.78, 5) is 4.08. The Balaban J connectivity index is 2.49. The molecule has 0 fully saturated rings. The van der Waals surface area contributed by atoms with Gasteiger partial charge in [-0.25, -0.2) is 4.98 Å². The number of aromatic nitrogens is 1. The van der Waals surface area contributed by atoms with Crippen LogP contribution in [0.4, 0.5) is 5.82 Å². The maximum absolute atomic E-state index is 6.01.